The van der Waals surface area contributed by atoms with Crippen LogP contribution in [0.1, 0.15) is 10.4 Å². The van der Waals surface area contributed by atoms with Crippen molar-refractivity contribution < 1.29 is 32.6 Å². The van der Waals surface area contributed by atoms with E-state index in [4.69, 9.17) is 21.1 Å². The molecule has 0 aliphatic carbocycles. The molecule has 31 heavy (non-hydrogen) atoms. The molecule has 1 heterocycles. The first kappa shape index (κ1) is 22.9. The molecule has 1 amide bonds. The third-order valence-electron chi connectivity index (χ3n) is 4.81. The van der Waals surface area contributed by atoms with Gasteiger partial charge in [0.15, 0.2) is 18.1 Å². The Bertz CT molecular complexity index is 1070. The fraction of sp³-hybridized carbons (Fsp3) is 0.300. The number of ether oxygens (including phenoxy) is 2. The van der Waals surface area contributed by atoms with Gasteiger partial charge < -0.3 is 19.5 Å². The molecule has 0 spiro atoms. The van der Waals surface area contributed by atoms with Crippen LogP contribution in [0.2, 0.25) is 5.02 Å². The average Bonchev–Trinajstić information content (AvgIpc) is 2.77. The minimum Gasteiger partial charge on any atom is -0.504 e. The van der Waals surface area contributed by atoms with E-state index in [1.807, 2.05) is 0 Å². The Hall–Kier alpha value is -2.82. The highest BCUT2D eigenvalue weighted by molar-refractivity contribution is 7.89. The minimum absolute atomic E-state index is 0.110. The number of esters is 1. The van der Waals surface area contributed by atoms with E-state index in [0.29, 0.717) is 5.02 Å². The number of hydrogen-bond acceptors (Lipinski definition) is 7. The molecule has 0 aromatic heterocycles. The number of nitrogens with zero attached hydrogens (tertiary/aromatic N) is 2. The number of phenols is 1. The van der Waals surface area contributed by atoms with Crippen molar-refractivity contribution in [3.63, 3.8) is 0 Å². The van der Waals surface area contributed by atoms with Gasteiger partial charge in [-0.1, -0.05) is 17.7 Å². The maximum atomic E-state index is 12.7. The smallest absolute Gasteiger partial charge is 0.342 e. The number of rotatable bonds is 6. The quantitative estimate of drug-likeness (QED) is 0.642. The highest BCUT2D eigenvalue weighted by Crippen LogP contribution is 2.29. The van der Waals surface area contributed by atoms with Crippen molar-refractivity contribution in [1.29, 1.82) is 0 Å². The lowest BCUT2D eigenvalue weighted by atomic mass is 10.2. The van der Waals surface area contributed by atoms with Crippen molar-refractivity contribution in [3.05, 3.63) is 53.1 Å². The lowest BCUT2D eigenvalue weighted by molar-refractivity contribution is -0.135. The number of methoxy groups -OCH3 is 1. The van der Waals surface area contributed by atoms with E-state index in [9.17, 15) is 23.1 Å². The molecule has 1 fully saturated rings. The average molecular weight is 469 g/mol. The number of halogens is 1. The molecule has 11 heteroatoms. The van der Waals surface area contributed by atoms with Crippen LogP contribution in [0.3, 0.4) is 0 Å². The summed E-state index contributed by atoms with van der Waals surface area (Å²) in [6.45, 7) is 0.0171. The Balaban J connectivity index is 1.55. The van der Waals surface area contributed by atoms with Gasteiger partial charge in [-0.25, -0.2) is 13.2 Å². The Morgan fingerprint density at radius 2 is 1.71 bits per heavy atom. The van der Waals surface area contributed by atoms with E-state index in [1.165, 1.54) is 58.8 Å². The van der Waals surface area contributed by atoms with E-state index < -0.39 is 28.5 Å². The summed E-state index contributed by atoms with van der Waals surface area (Å²) in [5.41, 5.74) is -0.119. The van der Waals surface area contributed by atoms with Crippen LogP contribution in [0, 0.1) is 0 Å². The predicted octanol–water partition coefficient (Wildman–Crippen LogP) is 1.74. The highest BCUT2D eigenvalue weighted by atomic mass is 35.5. The van der Waals surface area contributed by atoms with Crippen LogP contribution in [-0.2, 0) is 19.6 Å². The van der Waals surface area contributed by atoms with Gasteiger partial charge in [-0.05, 0) is 36.4 Å². The summed E-state index contributed by atoms with van der Waals surface area (Å²) in [6, 6.07) is 10.2. The van der Waals surface area contributed by atoms with Crippen LogP contribution >= 0.6 is 11.6 Å². The first-order valence-corrected chi connectivity index (χ1v) is 11.1. The molecule has 0 bridgehead atoms. The van der Waals surface area contributed by atoms with E-state index in [2.05, 4.69) is 0 Å². The molecule has 0 radical (unpaired) electrons. The Morgan fingerprint density at radius 3 is 2.32 bits per heavy atom. The number of aromatic hydroxyl groups is 1. The van der Waals surface area contributed by atoms with E-state index >= 15 is 0 Å². The van der Waals surface area contributed by atoms with Crippen LogP contribution in [0.4, 0.5) is 0 Å². The zero-order chi connectivity index (χ0) is 22.6. The molecule has 1 aliphatic heterocycles. The molecule has 0 saturated carbocycles. The summed E-state index contributed by atoms with van der Waals surface area (Å²) < 4.78 is 36.7. The molecule has 3 rings (SSSR count). The SMILES string of the molecule is COc1cccc(C(=O)OCC(=O)N2CCN(S(=O)(=O)c3ccc(Cl)cc3)CC2)c1O. The van der Waals surface area contributed by atoms with Crippen LogP contribution in [0.5, 0.6) is 11.5 Å². The number of carbonyl (C=O) groups excluding carboxylic acids is 2. The highest BCUT2D eigenvalue weighted by Gasteiger charge is 2.30. The number of benzene rings is 2. The normalized spacial score (nSPS) is 14.8. The summed E-state index contributed by atoms with van der Waals surface area (Å²) in [7, 11) is -2.34. The second-order valence-corrected chi connectivity index (χ2v) is 9.05. The number of sulfonamides is 1. The van der Waals surface area contributed by atoms with Gasteiger partial charge in [-0.2, -0.15) is 4.31 Å². The molecule has 1 saturated heterocycles. The van der Waals surface area contributed by atoms with Gasteiger partial charge in [-0.3, -0.25) is 4.79 Å². The van der Waals surface area contributed by atoms with Crippen molar-refractivity contribution in [3.8, 4) is 11.5 Å². The molecule has 9 nitrogen and oxygen atoms in total. The second kappa shape index (κ2) is 9.54. The number of hydrogen-bond donors (Lipinski definition) is 1. The van der Waals surface area contributed by atoms with Gasteiger partial charge in [0.2, 0.25) is 10.0 Å². The first-order valence-electron chi connectivity index (χ1n) is 9.30. The first-order chi connectivity index (χ1) is 14.7. The van der Waals surface area contributed by atoms with Gasteiger partial charge >= 0.3 is 5.97 Å². The van der Waals surface area contributed by atoms with E-state index in [-0.39, 0.29) is 48.1 Å². The van der Waals surface area contributed by atoms with Crippen molar-refractivity contribution in [2.75, 3.05) is 39.9 Å². The van der Waals surface area contributed by atoms with Crippen LogP contribution in [-0.4, -0.2) is 74.5 Å². The van der Waals surface area contributed by atoms with Gasteiger partial charge in [0.05, 0.1) is 12.0 Å². The van der Waals surface area contributed by atoms with Crippen molar-refractivity contribution in [1.82, 2.24) is 9.21 Å². The van der Waals surface area contributed by atoms with Gasteiger partial charge in [0, 0.05) is 31.2 Å². The molecule has 2 aromatic rings. The Kier molecular flexibility index (Phi) is 7.04. The molecule has 166 valence electrons. The molecule has 0 atom stereocenters. The van der Waals surface area contributed by atoms with Crippen LogP contribution < -0.4 is 4.74 Å². The molecule has 1 aliphatic rings. The number of carbonyl (C=O) groups is 2. The zero-order valence-corrected chi connectivity index (χ0v) is 18.2. The molecular formula is C20H21ClN2O7S. The van der Waals surface area contributed by atoms with Crippen molar-refractivity contribution in [2.45, 2.75) is 4.90 Å². The van der Waals surface area contributed by atoms with E-state index in [1.54, 1.807) is 0 Å². The largest absolute Gasteiger partial charge is 0.504 e. The third kappa shape index (κ3) is 5.09. The number of piperazine rings is 1. The summed E-state index contributed by atoms with van der Waals surface area (Å²) in [5, 5.41) is 10.4. The summed E-state index contributed by atoms with van der Waals surface area (Å²) in [6.07, 6.45) is 0. The number of phenolic OH excluding ortho intramolecular Hbond substituents is 1. The number of amides is 1. The summed E-state index contributed by atoms with van der Waals surface area (Å²) in [5.74, 6) is -1.59. The van der Waals surface area contributed by atoms with Crippen LogP contribution in [0.25, 0.3) is 0 Å². The lowest BCUT2D eigenvalue weighted by Crippen LogP contribution is -2.51. The van der Waals surface area contributed by atoms with E-state index in [0.717, 1.165) is 0 Å². The maximum Gasteiger partial charge on any atom is 0.342 e. The molecule has 1 N–H and O–H groups in total. The monoisotopic (exact) mass is 468 g/mol. The zero-order valence-electron chi connectivity index (χ0n) is 16.7. The molecule has 2 aromatic carbocycles. The fourth-order valence-corrected chi connectivity index (χ4v) is 4.63. The van der Waals surface area contributed by atoms with Crippen molar-refractivity contribution in [2.24, 2.45) is 0 Å². The Labute approximate surface area is 184 Å². The fourth-order valence-electron chi connectivity index (χ4n) is 3.08. The van der Waals surface area contributed by atoms with Crippen LogP contribution in [0.15, 0.2) is 47.4 Å². The molecule has 0 unspecified atom stereocenters. The Morgan fingerprint density at radius 1 is 1.06 bits per heavy atom. The summed E-state index contributed by atoms with van der Waals surface area (Å²) >= 11 is 5.81. The second-order valence-electron chi connectivity index (χ2n) is 6.67. The maximum absolute atomic E-state index is 12.7. The van der Waals surface area contributed by atoms with Gasteiger partial charge in [-0.15, -0.1) is 0 Å². The number of para-hydroxylation sites is 1. The van der Waals surface area contributed by atoms with Gasteiger partial charge in [0.1, 0.15) is 5.56 Å². The topological polar surface area (TPSA) is 113 Å². The van der Waals surface area contributed by atoms with Gasteiger partial charge in [0.25, 0.3) is 5.91 Å². The third-order valence-corrected chi connectivity index (χ3v) is 6.97. The summed E-state index contributed by atoms with van der Waals surface area (Å²) in [4.78, 5) is 26.1. The minimum atomic E-state index is -3.69. The predicted molar refractivity (Wildman–Crippen MR) is 112 cm³/mol. The standard InChI is InChI=1S/C20H21ClN2O7S/c1-29-17-4-2-3-16(19(17)25)20(26)30-13-18(24)22-9-11-23(12-10-22)31(27,28)15-7-5-14(21)6-8-15/h2-8,25H,9-13H2,1H3. The molecular weight excluding hydrogens is 448 g/mol. The van der Waals surface area contributed by atoms with Crippen molar-refractivity contribution >= 4 is 33.5 Å². The lowest BCUT2D eigenvalue weighted by Gasteiger charge is -2.33.